The van der Waals surface area contributed by atoms with Gasteiger partial charge in [-0.25, -0.2) is 4.79 Å². The maximum Gasteiger partial charge on any atom is 0.407 e. The van der Waals surface area contributed by atoms with Crippen molar-refractivity contribution >= 4 is 6.09 Å². The summed E-state index contributed by atoms with van der Waals surface area (Å²) in [5.74, 6) is 0. The van der Waals surface area contributed by atoms with Crippen LogP contribution in [0.25, 0.3) is 0 Å². The predicted octanol–water partition coefficient (Wildman–Crippen LogP) is 3.38. The van der Waals surface area contributed by atoms with Gasteiger partial charge in [-0.1, -0.05) is 6.08 Å². The largest absolute Gasteiger partial charge is 0.444 e. The van der Waals surface area contributed by atoms with Crippen molar-refractivity contribution in [2.45, 2.75) is 59.2 Å². The maximum absolute atomic E-state index is 11.6. The lowest BCUT2D eigenvalue weighted by molar-refractivity contribution is 0.0506. The summed E-state index contributed by atoms with van der Waals surface area (Å²) in [6, 6.07) is 0. The average molecular weight is 282 g/mol. The number of aliphatic hydroxyl groups is 1. The van der Waals surface area contributed by atoms with E-state index in [4.69, 9.17) is 4.74 Å². The zero-order chi connectivity index (χ0) is 16.0. The standard InChI is InChI=1S/C16H27NO3/c1-8-12(3)16(19,13(4)9-2)10-11-17-14(18)20-15(5,6)7/h8-9,19H,3,10-11H2,1-2,4-7H3/p+1/b13-9+. The van der Waals surface area contributed by atoms with Gasteiger partial charge < -0.3 is 15.2 Å². The molecule has 1 atom stereocenters. The number of amides is 1. The SMILES string of the molecule is C=C([CH+]C)C(O)(CCNC(=O)OC(C)(C)C)/C(C)=C/C. The Morgan fingerprint density at radius 1 is 1.45 bits per heavy atom. The Kier molecular flexibility index (Phi) is 6.86. The summed E-state index contributed by atoms with van der Waals surface area (Å²) in [5, 5.41) is 13.4. The van der Waals surface area contributed by atoms with Crippen molar-refractivity contribution in [3.8, 4) is 0 Å². The van der Waals surface area contributed by atoms with E-state index >= 15 is 0 Å². The first kappa shape index (κ1) is 18.6. The van der Waals surface area contributed by atoms with Crippen molar-refractivity contribution in [3.63, 3.8) is 0 Å². The second-order valence-corrected chi connectivity index (χ2v) is 5.82. The molecule has 0 aliphatic carbocycles. The van der Waals surface area contributed by atoms with Gasteiger partial charge in [0.05, 0.1) is 0 Å². The van der Waals surface area contributed by atoms with E-state index in [0.717, 1.165) is 5.57 Å². The van der Waals surface area contributed by atoms with Crippen LogP contribution in [-0.4, -0.2) is 28.9 Å². The summed E-state index contributed by atoms with van der Waals surface area (Å²) >= 11 is 0. The Morgan fingerprint density at radius 3 is 2.40 bits per heavy atom. The molecule has 0 aromatic rings. The highest BCUT2D eigenvalue weighted by Crippen LogP contribution is 2.29. The Balaban J connectivity index is 4.59. The van der Waals surface area contributed by atoms with Crippen LogP contribution >= 0.6 is 0 Å². The van der Waals surface area contributed by atoms with Crippen molar-refractivity contribution in [2.24, 2.45) is 0 Å². The fraction of sp³-hybridized carbons (Fsp3) is 0.625. The van der Waals surface area contributed by atoms with E-state index in [9.17, 15) is 9.90 Å². The second-order valence-electron chi connectivity index (χ2n) is 5.82. The summed E-state index contributed by atoms with van der Waals surface area (Å²) < 4.78 is 5.15. The van der Waals surface area contributed by atoms with E-state index in [1.807, 2.05) is 26.8 Å². The first-order valence-corrected chi connectivity index (χ1v) is 6.88. The number of nitrogens with one attached hydrogen (secondary N) is 1. The zero-order valence-electron chi connectivity index (χ0n) is 13.5. The van der Waals surface area contributed by atoms with Crippen LogP contribution in [0.4, 0.5) is 4.79 Å². The van der Waals surface area contributed by atoms with Crippen LogP contribution < -0.4 is 5.32 Å². The molecule has 4 nitrogen and oxygen atoms in total. The number of rotatable bonds is 6. The lowest BCUT2D eigenvalue weighted by atomic mass is 9.83. The van der Waals surface area contributed by atoms with Gasteiger partial charge >= 0.3 is 6.09 Å². The summed E-state index contributed by atoms with van der Waals surface area (Å²) in [6.45, 7) is 15.2. The summed E-state index contributed by atoms with van der Waals surface area (Å²) in [6.07, 6.45) is 3.50. The molecule has 0 aromatic heterocycles. The number of allylic oxidation sites excluding steroid dienone is 1. The molecule has 0 heterocycles. The van der Waals surface area contributed by atoms with Crippen LogP contribution in [0.5, 0.6) is 0 Å². The molecule has 0 rings (SSSR count). The lowest BCUT2D eigenvalue weighted by Gasteiger charge is -2.27. The second kappa shape index (κ2) is 7.39. The Hall–Kier alpha value is -1.42. The highest BCUT2D eigenvalue weighted by Gasteiger charge is 2.35. The topological polar surface area (TPSA) is 58.6 Å². The molecular formula is C16H28NO3+. The monoisotopic (exact) mass is 282 g/mol. The number of hydrogen-bond acceptors (Lipinski definition) is 3. The van der Waals surface area contributed by atoms with Crippen LogP contribution in [0, 0.1) is 6.42 Å². The quantitative estimate of drug-likeness (QED) is 0.580. The van der Waals surface area contributed by atoms with Crippen LogP contribution in [-0.2, 0) is 4.74 Å². The highest BCUT2D eigenvalue weighted by molar-refractivity contribution is 5.67. The fourth-order valence-corrected chi connectivity index (χ4v) is 1.75. The molecule has 0 aliphatic heterocycles. The smallest absolute Gasteiger partial charge is 0.407 e. The van der Waals surface area contributed by atoms with Gasteiger partial charge in [0.25, 0.3) is 0 Å². The number of carbonyl (C=O) groups excluding carboxylic acids is 1. The fourth-order valence-electron chi connectivity index (χ4n) is 1.75. The molecule has 0 fully saturated rings. The first-order valence-electron chi connectivity index (χ1n) is 6.88. The van der Waals surface area contributed by atoms with Crippen LogP contribution in [0.1, 0.15) is 48.0 Å². The highest BCUT2D eigenvalue weighted by atomic mass is 16.6. The van der Waals surface area contributed by atoms with Crippen molar-refractivity contribution < 1.29 is 14.6 Å². The maximum atomic E-state index is 11.6. The van der Waals surface area contributed by atoms with Crippen molar-refractivity contribution in [1.82, 2.24) is 5.32 Å². The lowest BCUT2D eigenvalue weighted by Crippen LogP contribution is -2.39. The normalized spacial score (nSPS) is 15.2. The Morgan fingerprint density at radius 2 is 2.00 bits per heavy atom. The minimum absolute atomic E-state index is 0.309. The third-order valence-corrected chi connectivity index (χ3v) is 3.12. The van der Waals surface area contributed by atoms with Gasteiger partial charge in [-0.3, -0.25) is 0 Å². The molecule has 0 aromatic carbocycles. The van der Waals surface area contributed by atoms with E-state index in [2.05, 4.69) is 11.9 Å². The number of alkyl carbamates (subject to hydrolysis) is 1. The van der Waals surface area contributed by atoms with Crippen molar-refractivity contribution in [2.75, 3.05) is 6.54 Å². The molecule has 4 heteroatoms. The Labute approximate surface area is 122 Å². The van der Waals surface area contributed by atoms with Gasteiger partial charge in [-0.2, -0.15) is 0 Å². The van der Waals surface area contributed by atoms with E-state index < -0.39 is 17.3 Å². The van der Waals surface area contributed by atoms with Gasteiger partial charge in [0, 0.05) is 32.9 Å². The molecule has 0 radical (unpaired) electrons. The third-order valence-electron chi connectivity index (χ3n) is 3.12. The van der Waals surface area contributed by atoms with Crippen LogP contribution in [0.2, 0.25) is 0 Å². The van der Waals surface area contributed by atoms with Crippen molar-refractivity contribution in [1.29, 1.82) is 0 Å². The van der Waals surface area contributed by atoms with Crippen LogP contribution in [0.15, 0.2) is 23.8 Å². The van der Waals surface area contributed by atoms with E-state index in [0.29, 0.717) is 18.5 Å². The zero-order valence-corrected chi connectivity index (χ0v) is 13.5. The van der Waals surface area contributed by atoms with E-state index in [-0.39, 0.29) is 0 Å². The molecular weight excluding hydrogens is 254 g/mol. The molecule has 0 saturated heterocycles. The van der Waals surface area contributed by atoms with Gasteiger partial charge in [0.1, 0.15) is 16.8 Å². The van der Waals surface area contributed by atoms with Gasteiger partial charge in [0.15, 0.2) is 0 Å². The minimum atomic E-state index is -1.13. The predicted molar refractivity (Wildman–Crippen MR) is 82.3 cm³/mol. The molecule has 0 bridgehead atoms. The number of carbonyl (C=O) groups is 1. The average Bonchev–Trinajstić information content (AvgIpc) is 2.34. The van der Waals surface area contributed by atoms with Gasteiger partial charge in [-0.15, -0.1) is 0 Å². The van der Waals surface area contributed by atoms with Gasteiger partial charge in [-0.05, 0) is 40.2 Å². The third kappa shape index (κ3) is 5.70. The molecule has 1 unspecified atom stereocenters. The van der Waals surface area contributed by atoms with Crippen molar-refractivity contribution in [3.05, 3.63) is 30.2 Å². The molecule has 0 aliphatic rings. The molecule has 20 heavy (non-hydrogen) atoms. The summed E-state index contributed by atoms with van der Waals surface area (Å²) in [5.41, 5.74) is -0.218. The summed E-state index contributed by atoms with van der Waals surface area (Å²) in [7, 11) is 0. The molecule has 114 valence electrons. The first-order chi connectivity index (χ1) is 9.06. The van der Waals surface area contributed by atoms with Crippen LogP contribution in [0.3, 0.4) is 0 Å². The number of hydrogen-bond donors (Lipinski definition) is 2. The molecule has 0 spiro atoms. The molecule has 2 N–H and O–H groups in total. The summed E-state index contributed by atoms with van der Waals surface area (Å²) in [4.78, 5) is 11.6. The van der Waals surface area contributed by atoms with E-state index in [1.54, 1.807) is 27.2 Å². The number of ether oxygens (including phenoxy) is 1. The van der Waals surface area contributed by atoms with E-state index in [1.165, 1.54) is 0 Å². The van der Waals surface area contributed by atoms with Gasteiger partial charge in [0.2, 0.25) is 0 Å². The molecule has 1 amide bonds. The Bertz CT molecular complexity index is 380. The molecule has 0 saturated carbocycles. The minimum Gasteiger partial charge on any atom is -0.444 e.